The fraction of sp³-hybridized carbons (Fsp3) is 0.435. The van der Waals surface area contributed by atoms with Gasteiger partial charge >= 0.3 is 10.1 Å². The smallest absolute Gasteiger partial charge is 0.339 e. The summed E-state index contributed by atoms with van der Waals surface area (Å²) in [6.07, 6.45) is 0.402. The maximum absolute atomic E-state index is 12.8. The van der Waals surface area contributed by atoms with E-state index in [1.54, 1.807) is 42.3 Å². The van der Waals surface area contributed by atoms with Gasteiger partial charge in [-0.15, -0.1) is 0 Å². The largest absolute Gasteiger partial charge is 0.497 e. The molecule has 0 aromatic heterocycles. The second kappa shape index (κ2) is 10.6. The third-order valence-electron chi connectivity index (χ3n) is 4.43. The summed E-state index contributed by atoms with van der Waals surface area (Å²) < 4.78 is 40.7. The quantitative estimate of drug-likeness (QED) is 0.512. The first-order chi connectivity index (χ1) is 14.5. The van der Waals surface area contributed by atoms with Crippen LogP contribution in [0.5, 0.6) is 11.5 Å². The van der Waals surface area contributed by atoms with Gasteiger partial charge in [0.25, 0.3) is 0 Å². The highest BCUT2D eigenvalue weighted by atomic mass is 32.2. The van der Waals surface area contributed by atoms with E-state index in [0.717, 1.165) is 5.56 Å². The van der Waals surface area contributed by atoms with Gasteiger partial charge in [0.15, 0.2) is 0 Å². The standard InChI is InChI=1S/C23H31NO6S/c1-23(2,3)16-22(25)24(13-14-28-4)17-18-7-6-8-20(15-18)30-31(26,27)21-11-9-19(29-5)10-12-21/h6-12,15H,13-14,16-17H2,1-5H3. The normalized spacial score (nSPS) is 11.8. The summed E-state index contributed by atoms with van der Waals surface area (Å²) in [5, 5.41) is 0. The van der Waals surface area contributed by atoms with Crippen LogP contribution in [0.15, 0.2) is 53.4 Å². The Bertz CT molecular complexity index is 964. The molecule has 0 aliphatic carbocycles. The van der Waals surface area contributed by atoms with Gasteiger partial charge in [0, 0.05) is 26.6 Å². The van der Waals surface area contributed by atoms with Crippen LogP contribution in [0.1, 0.15) is 32.8 Å². The van der Waals surface area contributed by atoms with Gasteiger partial charge in [-0.2, -0.15) is 8.42 Å². The summed E-state index contributed by atoms with van der Waals surface area (Å²) >= 11 is 0. The van der Waals surface area contributed by atoms with Crippen LogP contribution in [0.3, 0.4) is 0 Å². The molecule has 0 N–H and O–H groups in total. The van der Waals surface area contributed by atoms with E-state index in [0.29, 0.717) is 31.9 Å². The van der Waals surface area contributed by atoms with Crippen LogP contribution in [0.25, 0.3) is 0 Å². The Kier molecular flexibility index (Phi) is 8.47. The number of hydrogen-bond donors (Lipinski definition) is 0. The minimum atomic E-state index is -3.99. The van der Waals surface area contributed by atoms with Gasteiger partial charge in [-0.3, -0.25) is 4.79 Å². The highest BCUT2D eigenvalue weighted by molar-refractivity contribution is 7.87. The molecule has 0 aliphatic rings. The molecule has 0 spiro atoms. The zero-order valence-corrected chi connectivity index (χ0v) is 19.6. The fourth-order valence-electron chi connectivity index (χ4n) is 2.89. The molecule has 31 heavy (non-hydrogen) atoms. The Morgan fingerprint density at radius 3 is 2.26 bits per heavy atom. The molecule has 8 heteroatoms. The first-order valence-corrected chi connectivity index (χ1v) is 11.4. The van der Waals surface area contributed by atoms with E-state index in [1.165, 1.54) is 19.2 Å². The Labute approximate surface area is 185 Å². The van der Waals surface area contributed by atoms with E-state index in [4.69, 9.17) is 13.7 Å². The van der Waals surface area contributed by atoms with Gasteiger partial charge in [0.2, 0.25) is 5.91 Å². The first kappa shape index (κ1) is 24.7. The van der Waals surface area contributed by atoms with E-state index in [2.05, 4.69) is 0 Å². The lowest BCUT2D eigenvalue weighted by atomic mass is 9.91. The third-order valence-corrected chi connectivity index (χ3v) is 5.69. The van der Waals surface area contributed by atoms with Crippen LogP contribution in [-0.2, 0) is 26.2 Å². The monoisotopic (exact) mass is 449 g/mol. The van der Waals surface area contributed by atoms with Crippen LogP contribution >= 0.6 is 0 Å². The Morgan fingerprint density at radius 2 is 1.68 bits per heavy atom. The average Bonchev–Trinajstić information content (AvgIpc) is 2.69. The van der Waals surface area contributed by atoms with Gasteiger partial charge in [0.05, 0.1) is 13.7 Å². The molecule has 0 fully saturated rings. The zero-order valence-electron chi connectivity index (χ0n) is 18.8. The summed E-state index contributed by atoms with van der Waals surface area (Å²) in [5.41, 5.74) is 0.626. The van der Waals surface area contributed by atoms with Crippen molar-refractivity contribution < 1.29 is 26.9 Å². The molecular weight excluding hydrogens is 418 g/mol. The molecule has 0 aliphatic heterocycles. The Hall–Kier alpha value is -2.58. The van der Waals surface area contributed by atoms with Crippen molar-refractivity contribution in [2.75, 3.05) is 27.4 Å². The van der Waals surface area contributed by atoms with Crippen molar-refractivity contribution in [1.82, 2.24) is 4.90 Å². The second-order valence-corrected chi connectivity index (χ2v) is 9.95. The molecule has 2 aromatic rings. The number of carbonyl (C=O) groups is 1. The van der Waals surface area contributed by atoms with Crippen molar-refractivity contribution >= 4 is 16.0 Å². The maximum atomic E-state index is 12.8. The predicted octanol–water partition coefficient (Wildman–Crippen LogP) is 3.87. The lowest BCUT2D eigenvalue weighted by Gasteiger charge is -2.27. The number of carbonyl (C=O) groups excluding carboxylic acids is 1. The van der Waals surface area contributed by atoms with E-state index in [1.807, 2.05) is 26.8 Å². The van der Waals surface area contributed by atoms with Crippen LogP contribution in [0.4, 0.5) is 0 Å². The fourth-order valence-corrected chi connectivity index (χ4v) is 3.81. The van der Waals surface area contributed by atoms with E-state index >= 15 is 0 Å². The highest BCUT2D eigenvalue weighted by Crippen LogP contribution is 2.24. The zero-order chi connectivity index (χ0) is 23.1. The molecule has 0 atom stereocenters. The number of rotatable bonds is 10. The topological polar surface area (TPSA) is 82.1 Å². The summed E-state index contributed by atoms with van der Waals surface area (Å²) in [7, 11) is -0.898. The first-order valence-electron chi connectivity index (χ1n) is 9.98. The molecule has 0 bridgehead atoms. The Morgan fingerprint density at radius 1 is 1.00 bits per heavy atom. The average molecular weight is 450 g/mol. The van der Waals surface area contributed by atoms with Gasteiger partial charge in [-0.25, -0.2) is 0 Å². The molecule has 0 heterocycles. The number of methoxy groups -OCH3 is 2. The lowest BCUT2D eigenvalue weighted by molar-refractivity contribution is -0.134. The van der Waals surface area contributed by atoms with Crippen molar-refractivity contribution in [3.63, 3.8) is 0 Å². The van der Waals surface area contributed by atoms with E-state index in [-0.39, 0.29) is 22.0 Å². The summed E-state index contributed by atoms with van der Waals surface area (Å²) in [6.45, 7) is 7.23. The molecule has 0 unspecified atom stereocenters. The van der Waals surface area contributed by atoms with Crippen LogP contribution in [-0.4, -0.2) is 46.6 Å². The molecule has 0 saturated carbocycles. The highest BCUT2D eigenvalue weighted by Gasteiger charge is 2.22. The molecular formula is C23H31NO6S. The summed E-state index contributed by atoms with van der Waals surface area (Å²) in [5.74, 6) is 0.752. The van der Waals surface area contributed by atoms with Crippen LogP contribution < -0.4 is 8.92 Å². The van der Waals surface area contributed by atoms with Crippen molar-refractivity contribution in [3.8, 4) is 11.5 Å². The van der Waals surface area contributed by atoms with E-state index < -0.39 is 10.1 Å². The number of benzene rings is 2. The van der Waals surface area contributed by atoms with Crippen LogP contribution in [0.2, 0.25) is 0 Å². The number of nitrogens with zero attached hydrogens (tertiary/aromatic N) is 1. The van der Waals surface area contributed by atoms with Gasteiger partial charge < -0.3 is 18.6 Å². The van der Waals surface area contributed by atoms with Crippen LogP contribution in [0, 0.1) is 5.41 Å². The van der Waals surface area contributed by atoms with Crippen molar-refractivity contribution in [2.24, 2.45) is 5.41 Å². The van der Waals surface area contributed by atoms with Gasteiger partial charge in [-0.05, 0) is 47.4 Å². The lowest BCUT2D eigenvalue weighted by Crippen LogP contribution is -2.35. The SMILES string of the molecule is COCCN(Cc1cccc(OS(=O)(=O)c2ccc(OC)cc2)c1)C(=O)CC(C)(C)C. The van der Waals surface area contributed by atoms with Gasteiger partial charge in [-0.1, -0.05) is 32.9 Å². The molecule has 0 saturated heterocycles. The molecule has 0 radical (unpaired) electrons. The molecule has 2 rings (SSSR count). The summed E-state index contributed by atoms with van der Waals surface area (Å²) in [6, 6.07) is 12.7. The number of hydrogen-bond acceptors (Lipinski definition) is 6. The Balaban J connectivity index is 2.17. The second-order valence-electron chi connectivity index (χ2n) is 8.41. The van der Waals surface area contributed by atoms with Crippen molar-refractivity contribution in [3.05, 3.63) is 54.1 Å². The third kappa shape index (κ3) is 7.88. The number of amides is 1. The minimum Gasteiger partial charge on any atom is -0.497 e. The molecule has 7 nitrogen and oxygen atoms in total. The minimum absolute atomic E-state index is 0.0155. The molecule has 1 amide bonds. The van der Waals surface area contributed by atoms with Gasteiger partial charge in [0.1, 0.15) is 16.4 Å². The van der Waals surface area contributed by atoms with Crippen molar-refractivity contribution in [1.29, 1.82) is 0 Å². The maximum Gasteiger partial charge on any atom is 0.339 e. The van der Waals surface area contributed by atoms with E-state index in [9.17, 15) is 13.2 Å². The number of ether oxygens (including phenoxy) is 2. The molecule has 170 valence electrons. The summed E-state index contributed by atoms with van der Waals surface area (Å²) in [4.78, 5) is 14.5. The predicted molar refractivity (Wildman–Crippen MR) is 119 cm³/mol. The van der Waals surface area contributed by atoms with Crippen molar-refractivity contribution in [2.45, 2.75) is 38.6 Å². The molecule has 2 aromatic carbocycles.